The maximum atomic E-state index is 10.9. The lowest BCUT2D eigenvalue weighted by atomic mass is 10.1. The van der Waals surface area contributed by atoms with E-state index in [4.69, 9.17) is 15.6 Å². The third kappa shape index (κ3) is 2.17. The van der Waals surface area contributed by atoms with E-state index in [-0.39, 0.29) is 5.69 Å². The predicted octanol–water partition coefficient (Wildman–Crippen LogP) is -1.60. The van der Waals surface area contributed by atoms with E-state index in [0.29, 0.717) is 5.01 Å². The van der Waals surface area contributed by atoms with Crippen molar-refractivity contribution in [3.63, 3.8) is 0 Å². The van der Waals surface area contributed by atoms with Crippen LogP contribution in [0.5, 0.6) is 0 Å². The number of rotatable bonds is 3. The standard InChI is InChI=1S/C9H12N2O5S/c10-8(15)3-2-17-9(11-3)7-6(14)5(13)4(1-12)16-7/h2,4-7,12-14H,1H2,(H2,10,15)/t4-,5+,6?,7-/m1/s1. The molecule has 94 valence electrons. The number of aromatic nitrogens is 1. The number of thiazole rings is 1. The quantitative estimate of drug-likeness (QED) is 0.518. The van der Waals surface area contributed by atoms with Gasteiger partial charge in [0.05, 0.1) is 6.61 Å². The summed E-state index contributed by atoms with van der Waals surface area (Å²) in [6.45, 7) is -0.400. The summed E-state index contributed by atoms with van der Waals surface area (Å²) in [4.78, 5) is 14.8. The van der Waals surface area contributed by atoms with Crippen LogP contribution >= 0.6 is 11.3 Å². The molecule has 8 heteroatoms. The molecule has 0 aromatic carbocycles. The second-order valence-electron chi connectivity index (χ2n) is 3.69. The first-order chi connectivity index (χ1) is 8.04. The largest absolute Gasteiger partial charge is 0.394 e. The number of hydrogen-bond donors (Lipinski definition) is 4. The lowest BCUT2D eigenvalue weighted by Crippen LogP contribution is -2.32. The van der Waals surface area contributed by atoms with Crippen LogP contribution in [0.25, 0.3) is 0 Å². The highest BCUT2D eigenvalue weighted by molar-refractivity contribution is 7.09. The van der Waals surface area contributed by atoms with Crippen LogP contribution in [0.3, 0.4) is 0 Å². The van der Waals surface area contributed by atoms with Gasteiger partial charge in [-0.3, -0.25) is 4.79 Å². The predicted molar refractivity (Wildman–Crippen MR) is 57.3 cm³/mol. The highest BCUT2D eigenvalue weighted by Crippen LogP contribution is 2.34. The highest BCUT2D eigenvalue weighted by Gasteiger charge is 2.44. The third-order valence-corrected chi connectivity index (χ3v) is 3.47. The SMILES string of the molecule is NC(=O)c1csc([C@@H]2O[C@H](CO)[C@H](O)C2O)n1. The van der Waals surface area contributed by atoms with Gasteiger partial charge in [0, 0.05) is 5.38 Å². The second-order valence-corrected chi connectivity index (χ2v) is 4.58. The van der Waals surface area contributed by atoms with Crippen molar-refractivity contribution in [2.45, 2.75) is 24.4 Å². The summed E-state index contributed by atoms with van der Waals surface area (Å²) in [7, 11) is 0. The molecule has 1 fully saturated rings. The van der Waals surface area contributed by atoms with Crippen LogP contribution in [0.1, 0.15) is 21.6 Å². The number of aliphatic hydroxyl groups is 3. The van der Waals surface area contributed by atoms with Gasteiger partial charge in [-0.15, -0.1) is 11.3 Å². The molecule has 0 saturated carbocycles. The van der Waals surface area contributed by atoms with Gasteiger partial charge >= 0.3 is 0 Å². The van der Waals surface area contributed by atoms with Crippen LogP contribution in [0.2, 0.25) is 0 Å². The first-order valence-corrected chi connectivity index (χ1v) is 5.80. The van der Waals surface area contributed by atoms with Crippen LogP contribution in [0.15, 0.2) is 5.38 Å². The average Bonchev–Trinajstić information content (AvgIpc) is 2.87. The first-order valence-electron chi connectivity index (χ1n) is 4.92. The molecule has 4 atom stereocenters. The molecule has 0 bridgehead atoms. The van der Waals surface area contributed by atoms with Crippen molar-refractivity contribution in [3.05, 3.63) is 16.1 Å². The molecule has 1 aromatic rings. The monoisotopic (exact) mass is 260 g/mol. The lowest BCUT2D eigenvalue weighted by Gasteiger charge is -2.11. The minimum atomic E-state index is -1.18. The van der Waals surface area contributed by atoms with Gasteiger partial charge in [0.1, 0.15) is 35.1 Å². The summed E-state index contributed by atoms with van der Waals surface area (Å²) < 4.78 is 5.26. The van der Waals surface area contributed by atoms with Gasteiger partial charge in [0.2, 0.25) is 0 Å². The molecule has 0 spiro atoms. The fraction of sp³-hybridized carbons (Fsp3) is 0.556. The van der Waals surface area contributed by atoms with E-state index in [1.807, 2.05) is 0 Å². The Labute approximate surface area is 100 Å². The molecule has 0 aliphatic carbocycles. The Kier molecular flexibility index (Phi) is 3.40. The molecule has 2 heterocycles. The average molecular weight is 260 g/mol. The lowest BCUT2D eigenvalue weighted by molar-refractivity contribution is -0.0228. The summed E-state index contributed by atoms with van der Waals surface area (Å²) in [5.41, 5.74) is 5.14. The molecule has 1 aliphatic rings. The Hall–Kier alpha value is -1.06. The van der Waals surface area contributed by atoms with Crippen molar-refractivity contribution in [1.82, 2.24) is 4.98 Å². The van der Waals surface area contributed by atoms with Gasteiger partial charge in [-0.1, -0.05) is 0 Å². The molecule has 1 amide bonds. The van der Waals surface area contributed by atoms with Crippen molar-refractivity contribution in [1.29, 1.82) is 0 Å². The number of hydrogen-bond acceptors (Lipinski definition) is 7. The summed E-state index contributed by atoms with van der Waals surface area (Å²) in [5.74, 6) is -0.667. The summed E-state index contributed by atoms with van der Waals surface area (Å²) in [5, 5.41) is 30.0. The van der Waals surface area contributed by atoms with Crippen molar-refractivity contribution in [2.75, 3.05) is 6.61 Å². The number of carbonyl (C=O) groups is 1. The van der Waals surface area contributed by atoms with Gasteiger partial charge in [-0.2, -0.15) is 0 Å². The van der Waals surface area contributed by atoms with E-state index < -0.39 is 36.9 Å². The minimum absolute atomic E-state index is 0.0859. The number of amides is 1. The van der Waals surface area contributed by atoms with Crippen LogP contribution < -0.4 is 5.73 Å². The van der Waals surface area contributed by atoms with Crippen molar-refractivity contribution >= 4 is 17.2 Å². The van der Waals surface area contributed by atoms with Crippen molar-refractivity contribution in [3.8, 4) is 0 Å². The molecular formula is C9H12N2O5S. The molecular weight excluding hydrogens is 248 g/mol. The zero-order valence-electron chi connectivity index (χ0n) is 8.68. The van der Waals surface area contributed by atoms with E-state index in [2.05, 4.69) is 4.98 Å². The number of nitrogens with two attached hydrogens (primary N) is 1. The zero-order valence-corrected chi connectivity index (χ0v) is 9.50. The van der Waals surface area contributed by atoms with E-state index in [0.717, 1.165) is 11.3 Å². The van der Waals surface area contributed by atoms with Crippen LogP contribution in [-0.2, 0) is 4.74 Å². The minimum Gasteiger partial charge on any atom is -0.394 e. The fourth-order valence-electron chi connectivity index (χ4n) is 1.64. The Morgan fingerprint density at radius 1 is 1.53 bits per heavy atom. The summed E-state index contributed by atoms with van der Waals surface area (Å²) >= 11 is 1.10. The number of ether oxygens (including phenoxy) is 1. The van der Waals surface area contributed by atoms with Gasteiger partial charge in [-0.25, -0.2) is 4.98 Å². The van der Waals surface area contributed by atoms with Crippen LogP contribution in [0, 0.1) is 0 Å². The van der Waals surface area contributed by atoms with Gasteiger partial charge in [0.25, 0.3) is 5.91 Å². The molecule has 7 nitrogen and oxygen atoms in total. The molecule has 1 aliphatic heterocycles. The Bertz CT molecular complexity index is 423. The molecule has 2 rings (SSSR count). The smallest absolute Gasteiger partial charge is 0.268 e. The maximum Gasteiger partial charge on any atom is 0.268 e. The summed E-state index contributed by atoms with van der Waals surface area (Å²) in [6, 6.07) is 0. The summed E-state index contributed by atoms with van der Waals surface area (Å²) in [6.07, 6.45) is -4.05. The molecule has 1 saturated heterocycles. The number of primary amides is 1. The zero-order chi connectivity index (χ0) is 12.6. The van der Waals surface area contributed by atoms with E-state index in [1.54, 1.807) is 0 Å². The van der Waals surface area contributed by atoms with E-state index in [1.165, 1.54) is 5.38 Å². The first kappa shape index (κ1) is 12.4. The van der Waals surface area contributed by atoms with Gasteiger partial charge in [0.15, 0.2) is 0 Å². The van der Waals surface area contributed by atoms with Crippen molar-refractivity contribution in [2.24, 2.45) is 5.73 Å². The van der Waals surface area contributed by atoms with Gasteiger partial charge in [-0.05, 0) is 0 Å². The highest BCUT2D eigenvalue weighted by atomic mass is 32.1. The number of aliphatic hydroxyl groups excluding tert-OH is 3. The second kappa shape index (κ2) is 4.67. The topological polar surface area (TPSA) is 126 Å². The number of carbonyl (C=O) groups excluding carboxylic acids is 1. The molecule has 1 aromatic heterocycles. The molecule has 5 N–H and O–H groups in total. The van der Waals surface area contributed by atoms with Gasteiger partial charge < -0.3 is 25.8 Å². The normalized spacial score (nSPS) is 32.9. The molecule has 1 unspecified atom stereocenters. The Morgan fingerprint density at radius 3 is 2.71 bits per heavy atom. The maximum absolute atomic E-state index is 10.9. The van der Waals surface area contributed by atoms with Crippen molar-refractivity contribution < 1.29 is 24.9 Å². The fourth-order valence-corrected chi connectivity index (χ4v) is 2.52. The van der Waals surface area contributed by atoms with Crippen LogP contribution in [0.4, 0.5) is 0 Å². The van der Waals surface area contributed by atoms with E-state index in [9.17, 15) is 15.0 Å². The third-order valence-electron chi connectivity index (χ3n) is 2.56. The molecule has 0 radical (unpaired) electrons. The Balaban J connectivity index is 2.19. The molecule has 17 heavy (non-hydrogen) atoms. The van der Waals surface area contributed by atoms with E-state index >= 15 is 0 Å². The number of nitrogens with zero attached hydrogens (tertiary/aromatic N) is 1. The Morgan fingerprint density at radius 2 is 2.24 bits per heavy atom. The van der Waals surface area contributed by atoms with Crippen LogP contribution in [-0.4, -0.2) is 51.1 Å².